The van der Waals surface area contributed by atoms with E-state index in [0.29, 0.717) is 10.8 Å². The summed E-state index contributed by atoms with van der Waals surface area (Å²) in [6, 6.07) is 1.68. The average molecular weight is 294 g/mol. The summed E-state index contributed by atoms with van der Waals surface area (Å²) in [5.41, 5.74) is 2.35. The molecule has 1 amide bonds. The van der Waals surface area contributed by atoms with Gasteiger partial charge in [0, 0.05) is 25.4 Å². The van der Waals surface area contributed by atoms with E-state index in [1.54, 1.807) is 16.9 Å². The zero-order valence-corrected chi connectivity index (χ0v) is 12.2. The molecule has 7 heteroatoms. The number of rotatable bonds is 2. The monoisotopic (exact) mass is 293 g/mol. The quantitative estimate of drug-likeness (QED) is 0.922. The number of hydrogen-bond donors (Lipinski definition) is 1. The number of aromatic amines is 1. The normalized spacial score (nSPS) is 18.8. The second-order valence-electron chi connectivity index (χ2n) is 5.04. The summed E-state index contributed by atoms with van der Waals surface area (Å²) in [7, 11) is 1.81. The molecule has 6 nitrogen and oxygen atoms in total. The summed E-state index contributed by atoms with van der Waals surface area (Å²) in [5, 5.41) is 11.5. The topological polar surface area (TPSA) is 66.8 Å². The van der Waals surface area contributed by atoms with Crippen molar-refractivity contribution in [1.82, 2.24) is 24.9 Å². The minimum atomic E-state index is -0.0377. The van der Waals surface area contributed by atoms with Crippen LogP contribution in [0.5, 0.6) is 0 Å². The molecule has 0 radical (unpaired) electrons. The summed E-state index contributed by atoms with van der Waals surface area (Å²) in [4.78, 5) is 14.4. The third kappa shape index (κ3) is 2.00. The number of aryl methyl sites for hydroxylation is 2. The molecule has 3 rings (SSSR count). The number of H-pyrrole nitrogens is 1. The summed E-state index contributed by atoms with van der Waals surface area (Å²) < 4.78 is 1.66. The lowest BCUT2D eigenvalue weighted by atomic mass is 10.1. The first-order valence-corrected chi connectivity index (χ1v) is 6.96. The van der Waals surface area contributed by atoms with Crippen LogP contribution in [0.25, 0.3) is 0 Å². The van der Waals surface area contributed by atoms with Crippen LogP contribution in [0.2, 0.25) is 5.15 Å². The third-order valence-corrected chi connectivity index (χ3v) is 4.22. The standard InChI is InChI=1S/C13H16ClN5O/c1-8-11(12(14)18(2)17-8)10-4-3-7-19(10)13(20)9-5-6-15-16-9/h5-6,10H,3-4,7H2,1-2H3,(H,15,16). The van der Waals surface area contributed by atoms with Gasteiger partial charge in [-0.3, -0.25) is 14.6 Å². The van der Waals surface area contributed by atoms with Crippen molar-refractivity contribution in [2.45, 2.75) is 25.8 Å². The number of carbonyl (C=O) groups is 1. The van der Waals surface area contributed by atoms with Crippen LogP contribution in [0.3, 0.4) is 0 Å². The van der Waals surface area contributed by atoms with Gasteiger partial charge in [0.15, 0.2) is 0 Å². The molecule has 1 atom stereocenters. The molecule has 1 aliphatic rings. The van der Waals surface area contributed by atoms with Gasteiger partial charge in [0.05, 0.1) is 11.7 Å². The maximum Gasteiger partial charge on any atom is 0.272 e. The van der Waals surface area contributed by atoms with E-state index in [1.165, 1.54) is 0 Å². The average Bonchev–Trinajstić information content (AvgIpc) is 3.12. The number of nitrogens with zero attached hydrogens (tertiary/aromatic N) is 4. The van der Waals surface area contributed by atoms with E-state index in [9.17, 15) is 4.79 Å². The van der Waals surface area contributed by atoms with Gasteiger partial charge < -0.3 is 4.90 Å². The van der Waals surface area contributed by atoms with E-state index in [4.69, 9.17) is 11.6 Å². The molecule has 106 valence electrons. The summed E-state index contributed by atoms with van der Waals surface area (Å²) in [5.74, 6) is -0.0377. The molecule has 1 unspecified atom stereocenters. The Kier molecular flexibility index (Phi) is 3.25. The number of aromatic nitrogens is 4. The van der Waals surface area contributed by atoms with Crippen molar-refractivity contribution in [3.8, 4) is 0 Å². The molecular formula is C13H16ClN5O. The zero-order valence-electron chi connectivity index (χ0n) is 11.4. The van der Waals surface area contributed by atoms with Crippen molar-refractivity contribution in [1.29, 1.82) is 0 Å². The van der Waals surface area contributed by atoms with Gasteiger partial charge in [-0.2, -0.15) is 10.2 Å². The van der Waals surface area contributed by atoms with Gasteiger partial charge in [-0.1, -0.05) is 11.6 Å². The van der Waals surface area contributed by atoms with Gasteiger partial charge in [-0.25, -0.2) is 0 Å². The van der Waals surface area contributed by atoms with Crippen LogP contribution in [0.1, 0.15) is 40.6 Å². The molecule has 3 heterocycles. The molecular weight excluding hydrogens is 278 g/mol. The van der Waals surface area contributed by atoms with Crippen LogP contribution in [0.15, 0.2) is 12.3 Å². The molecule has 2 aromatic rings. The van der Waals surface area contributed by atoms with Gasteiger partial charge in [0.25, 0.3) is 5.91 Å². The van der Waals surface area contributed by atoms with E-state index in [0.717, 1.165) is 30.6 Å². The van der Waals surface area contributed by atoms with E-state index in [-0.39, 0.29) is 11.9 Å². The highest BCUT2D eigenvalue weighted by Crippen LogP contribution is 2.38. The minimum Gasteiger partial charge on any atom is -0.330 e. The van der Waals surface area contributed by atoms with Crippen molar-refractivity contribution < 1.29 is 4.79 Å². The van der Waals surface area contributed by atoms with Gasteiger partial charge in [0.1, 0.15) is 10.8 Å². The number of likely N-dealkylation sites (tertiary alicyclic amines) is 1. The van der Waals surface area contributed by atoms with Crippen LogP contribution in [-0.2, 0) is 7.05 Å². The maximum absolute atomic E-state index is 12.5. The molecule has 1 saturated heterocycles. The van der Waals surface area contributed by atoms with Crippen LogP contribution in [0.4, 0.5) is 0 Å². The zero-order chi connectivity index (χ0) is 14.3. The van der Waals surface area contributed by atoms with Crippen molar-refractivity contribution in [3.63, 3.8) is 0 Å². The van der Waals surface area contributed by atoms with Crippen molar-refractivity contribution >= 4 is 17.5 Å². The highest BCUT2D eigenvalue weighted by Gasteiger charge is 2.34. The van der Waals surface area contributed by atoms with Crippen LogP contribution in [0, 0.1) is 6.92 Å². The van der Waals surface area contributed by atoms with Crippen molar-refractivity contribution in [2.75, 3.05) is 6.54 Å². The second kappa shape index (κ2) is 4.94. The van der Waals surface area contributed by atoms with E-state index in [2.05, 4.69) is 15.3 Å². The van der Waals surface area contributed by atoms with E-state index < -0.39 is 0 Å². The lowest BCUT2D eigenvalue weighted by Gasteiger charge is -2.24. The van der Waals surface area contributed by atoms with Crippen molar-refractivity contribution in [3.05, 3.63) is 34.4 Å². The summed E-state index contributed by atoms with van der Waals surface area (Å²) >= 11 is 6.33. The fourth-order valence-corrected chi connectivity index (χ4v) is 3.17. The van der Waals surface area contributed by atoms with Gasteiger partial charge in [-0.05, 0) is 25.8 Å². The third-order valence-electron chi connectivity index (χ3n) is 3.77. The van der Waals surface area contributed by atoms with Crippen molar-refractivity contribution in [2.24, 2.45) is 7.05 Å². The summed E-state index contributed by atoms with van der Waals surface area (Å²) in [6.07, 6.45) is 3.46. The summed E-state index contributed by atoms with van der Waals surface area (Å²) in [6.45, 7) is 2.66. The van der Waals surface area contributed by atoms with Gasteiger partial charge in [0.2, 0.25) is 0 Å². The Balaban J connectivity index is 1.95. The number of carbonyl (C=O) groups excluding carboxylic acids is 1. The number of amides is 1. The molecule has 1 aliphatic heterocycles. The fraction of sp³-hybridized carbons (Fsp3) is 0.462. The Bertz CT molecular complexity index is 633. The Hall–Kier alpha value is -1.82. The predicted molar refractivity (Wildman–Crippen MR) is 74.6 cm³/mol. The van der Waals surface area contributed by atoms with Crippen LogP contribution < -0.4 is 0 Å². The number of nitrogens with one attached hydrogen (secondary N) is 1. The molecule has 0 aliphatic carbocycles. The first-order valence-electron chi connectivity index (χ1n) is 6.59. The van der Waals surface area contributed by atoms with Crippen LogP contribution in [-0.4, -0.2) is 37.3 Å². The molecule has 2 aromatic heterocycles. The lowest BCUT2D eigenvalue weighted by Crippen LogP contribution is -2.31. The highest BCUT2D eigenvalue weighted by molar-refractivity contribution is 6.30. The van der Waals surface area contributed by atoms with Gasteiger partial charge >= 0.3 is 0 Å². The molecule has 20 heavy (non-hydrogen) atoms. The van der Waals surface area contributed by atoms with E-state index >= 15 is 0 Å². The SMILES string of the molecule is Cc1nn(C)c(Cl)c1C1CCCN1C(=O)c1ccn[nH]1. The molecule has 1 N–H and O–H groups in total. The maximum atomic E-state index is 12.5. The Morgan fingerprint density at radius 1 is 1.55 bits per heavy atom. The largest absolute Gasteiger partial charge is 0.330 e. The number of halogens is 1. The molecule has 0 bridgehead atoms. The Labute approximate surface area is 121 Å². The second-order valence-corrected chi connectivity index (χ2v) is 5.40. The van der Waals surface area contributed by atoms with Gasteiger partial charge in [-0.15, -0.1) is 0 Å². The molecule has 0 saturated carbocycles. The fourth-order valence-electron chi connectivity index (χ4n) is 2.86. The Morgan fingerprint density at radius 3 is 2.95 bits per heavy atom. The van der Waals surface area contributed by atoms with Crippen LogP contribution >= 0.6 is 11.6 Å². The molecule has 1 fully saturated rings. The smallest absolute Gasteiger partial charge is 0.272 e. The Morgan fingerprint density at radius 2 is 2.35 bits per heavy atom. The first-order chi connectivity index (χ1) is 9.59. The predicted octanol–water partition coefficient (Wildman–Crippen LogP) is 2.08. The minimum absolute atomic E-state index is 0.00741. The van der Waals surface area contributed by atoms with E-state index in [1.807, 2.05) is 18.9 Å². The molecule has 0 aromatic carbocycles. The highest BCUT2D eigenvalue weighted by atomic mass is 35.5. The lowest BCUT2D eigenvalue weighted by molar-refractivity contribution is 0.0729. The first kappa shape index (κ1) is 13.2. The molecule has 0 spiro atoms. The number of hydrogen-bond acceptors (Lipinski definition) is 3.